The van der Waals surface area contributed by atoms with Gasteiger partial charge in [-0.1, -0.05) is 47.1 Å². The fourth-order valence-corrected chi connectivity index (χ4v) is 1.79. The van der Waals surface area contributed by atoms with Gasteiger partial charge in [-0.15, -0.1) is 0 Å². The molecule has 0 N–H and O–H groups in total. The summed E-state index contributed by atoms with van der Waals surface area (Å²) in [6.07, 6.45) is 8.61. The van der Waals surface area contributed by atoms with Crippen LogP contribution in [0.15, 0.2) is 31.1 Å². The molecule has 0 amide bonds. The minimum Gasteiger partial charge on any atom is -0.265 e. The first-order valence-electron chi connectivity index (χ1n) is 6.82. The largest absolute Gasteiger partial charge is 0.265 e. The van der Waals surface area contributed by atoms with Crippen LogP contribution in [-0.2, 0) is 0 Å². The lowest BCUT2D eigenvalue weighted by Gasteiger charge is -2.11. The van der Waals surface area contributed by atoms with Crippen LogP contribution in [0.4, 0.5) is 0 Å². The van der Waals surface area contributed by atoms with E-state index in [1.807, 2.05) is 38.4 Å². The average molecular weight is 233 g/mol. The Balaban J connectivity index is 0.00000121. The van der Waals surface area contributed by atoms with Crippen molar-refractivity contribution in [1.29, 1.82) is 0 Å². The molecule has 0 saturated heterocycles. The summed E-state index contributed by atoms with van der Waals surface area (Å²) >= 11 is 0. The van der Waals surface area contributed by atoms with Gasteiger partial charge in [0.1, 0.15) is 0 Å². The first kappa shape index (κ1) is 15.9. The van der Waals surface area contributed by atoms with Gasteiger partial charge in [-0.2, -0.15) is 0 Å². The van der Waals surface area contributed by atoms with Crippen LogP contribution in [0.5, 0.6) is 0 Å². The van der Waals surface area contributed by atoms with Crippen molar-refractivity contribution in [2.45, 2.75) is 53.4 Å². The Labute approximate surface area is 107 Å². The molecule has 0 aliphatic rings. The second-order valence-electron chi connectivity index (χ2n) is 4.27. The van der Waals surface area contributed by atoms with Crippen LogP contribution in [0.3, 0.4) is 0 Å². The third-order valence-corrected chi connectivity index (χ3v) is 2.81. The molecule has 1 atom stereocenters. The molecular weight excluding hydrogens is 206 g/mol. The maximum Gasteiger partial charge on any atom is 0.0273 e. The third-order valence-electron chi connectivity index (χ3n) is 2.81. The second-order valence-corrected chi connectivity index (χ2v) is 4.27. The lowest BCUT2D eigenvalue weighted by atomic mass is 9.95. The summed E-state index contributed by atoms with van der Waals surface area (Å²) in [5.41, 5.74) is 2.47. The van der Waals surface area contributed by atoms with Crippen molar-refractivity contribution in [3.05, 3.63) is 36.7 Å². The van der Waals surface area contributed by atoms with Crippen molar-refractivity contribution < 1.29 is 0 Å². The van der Waals surface area contributed by atoms with E-state index in [-0.39, 0.29) is 0 Å². The molecule has 1 aromatic rings. The van der Waals surface area contributed by atoms with E-state index >= 15 is 0 Å². The highest BCUT2D eigenvalue weighted by atomic mass is 14.6. The summed E-state index contributed by atoms with van der Waals surface area (Å²) < 4.78 is 0. The fraction of sp³-hybridized carbons (Fsp3) is 0.562. The van der Waals surface area contributed by atoms with Crippen molar-refractivity contribution in [3.8, 4) is 0 Å². The van der Waals surface area contributed by atoms with Gasteiger partial charge in [0.2, 0.25) is 0 Å². The molecule has 1 rings (SSSR count). The summed E-state index contributed by atoms with van der Waals surface area (Å²) in [5.74, 6) is 0.814. The molecule has 0 aliphatic heterocycles. The zero-order valence-electron chi connectivity index (χ0n) is 11.9. The molecule has 0 bridgehead atoms. The van der Waals surface area contributed by atoms with E-state index in [0.717, 1.165) is 12.3 Å². The molecule has 1 nitrogen and oxygen atoms in total. The van der Waals surface area contributed by atoms with Crippen LogP contribution in [0.1, 0.15) is 58.9 Å². The van der Waals surface area contributed by atoms with E-state index in [1.165, 1.54) is 30.4 Å². The predicted molar refractivity (Wildman–Crippen MR) is 77.9 cm³/mol. The zero-order chi connectivity index (χ0) is 13.1. The van der Waals surface area contributed by atoms with Gasteiger partial charge < -0.3 is 0 Å². The summed E-state index contributed by atoms with van der Waals surface area (Å²) in [7, 11) is 0. The number of pyridine rings is 1. The Bertz CT molecular complexity index is 290. The van der Waals surface area contributed by atoms with Gasteiger partial charge in [-0.05, 0) is 42.0 Å². The number of allylic oxidation sites excluding steroid dienone is 1. The molecule has 17 heavy (non-hydrogen) atoms. The summed E-state index contributed by atoms with van der Waals surface area (Å²) in [6.45, 7) is 12.7. The molecule has 0 aromatic carbocycles. The van der Waals surface area contributed by atoms with E-state index in [4.69, 9.17) is 0 Å². The van der Waals surface area contributed by atoms with Crippen molar-refractivity contribution in [3.63, 3.8) is 0 Å². The number of hydrogen-bond donors (Lipinski definition) is 0. The Kier molecular flexibility index (Phi) is 9.41. The molecule has 0 aliphatic carbocycles. The zero-order valence-corrected chi connectivity index (χ0v) is 11.9. The smallest absolute Gasteiger partial charge is 0.0273 e. The quantitative estimate of drug-likeness (QED) is 0.646. The monoisotopic (exact) mass is 233 g/mol. The fourth-order valence-electron chi connectivity index (χ4n) is 1.79. The van der Waals surface area contributed by atoms with Crippen molar-refractivity contribution in [1.82, 2.24) is 4.98 Å². The SMILES string of the molecule is C=C(CCC(C)CCC)c1ccncc1.CC. The van der Waals surface area contributed by atoms with Crippen molar-refractivity contribution >= 4 is 5.57 Å². The molecular formula is C16H27N. The molecule has 1 aromatic heterocycles. The van der Waals surface area contributed by atoms with E-state index in [0.29, 0.717) is 0 Å². The van der Waals surface area contributed by atoms with Gasteiger partial charge in [0.05, 0.1) is 0 Å². The Morgan fingerprint density at radius 1 is 1.24 bits per heavy atom. The molecule has 0 spiro atoms. The van der Waals surface area contributed by atoms with E-state index < -0.39 is 0 Å². The van der Waals surface area contributed by atoms with Crippen LogP contribution in [0, 0.1) is 5.92 Å². The normalized spacial score (nSPS) is 11.3. The lowest BCUT2D eigenvalue weighted by Crippen LogP contribution is -1.94. The first-order chi connectivity index (χ1) is 8.24. The van der Waals surface area contributed by atoms with Gasteiger partial charge in [-0.3, -0.25) is 4.98 Å². The van der Waals surface area contributed by atoms with E-state index in [2.05, 4.69) is 25.4 Å². The number of rotatable bonds is 6. The van der Waals surface area contributed by atoms with E-state index in [1.54, 1.807) is 0 Å². The highest BCUT2D eigenvalue weighted by Gasteiger charge is 2.03. The second kappa shape index (κ2) is 10.1. The van der Waals surface area contributed by atoms with Gasteiger partial charge in [0, 0.05) is 12.4 Å². The standard InChI is InChI=1S/C14H21N.C2H6/c1-4-5-12(2)6-7-13(3)14-8-10-15-11-9-14;1-2/h8-12H,3-7H2,1-2H3;1-2H3. The Hall–Kier alpha value is -1.11. The molecule has 1 heteroatoms. The van der Waals surface area contributed by atoms with Crippen LogP contribution in [0.25, 0.3) is 5.57 Å². The van der Waals surface area contributed by atoms with Gasteiger partial charge in [0.15, 0.2) is 0 Å². The van der Waals surface area contributed by atoms with E-state index in [9.17, 15) is 0 Å². The first-order valence-corrected chi connectivity index (χ1v) is 6.82. The molecule has 96 valence electrons. The summed E-state index contributed by atoms with van der Waals surface area (Å²) in [4.78, 5) is 4.01. The van der Waals surface area contributed by atoms with Crippen LogP contribution >= 0.6 is 0 Å². The lowest BCUT2D eigenvalue weighted by molar-refractivity contribution is 0.493. The van der Waals surface area contributed by atoms with Gasteiger partial charge in [-0.25, -0.2) is 0 Å². The average Bonchev–Trinajstić information content (AvgIpc) is 2.40. The molecule has 1 heterocycles. The highest BCUT2D eigenvalue weighted by molar-refractivity contribution is 5.62. The number of hydrogen-bond acceptors (Lipinski definition) is 1. The predicted octanol–water partition coefficient (Wildman–Crippen LogP) is 5.34. The van der Waals surface area contributed by atoms with Crippen molar-refractivity contribution in [2.24, 2.45) is 5.92 Å². The Morgan fingerprint density at radius 2 is 1.82 bits per heavy atom. The maximum absolute atomic E-state index is 4.13. The molecule has 0 radical (unpaired) electrons. The maximum atomic E-state index is 4.13. The minimum atomic E-state index is 0.814. The van der Waals surface area contributed by atoms with Crippen LogP contribution < -0.4 is 0 Å². The summed E-state index contributed by atoms with van der Waals surface area (Å²) in [6, 6.07) is 4.07. The molecule has 0 fully saturated rings. The van der Waals surface area contributed by atoms with Crippen LogP contribution in [-0.4, -0.2) is 4.98 Å². The van der Waals surface area contributed by atoms with Crippen LogP contribution in [0.2, 0.25) is 0 Å². The molecule has 0 saturated carbocycles. The highest BCUT2D eigenvalue weighted by Crippen LogP contribution is 2.21. The topological polar surface area (TPSA) is 12.9 Å². The number of nitrogens with zero attached hydrogens (tertiary/aromatic N) is 1. The van der Waals surface area contributed by atoms with Crippen molar-refractivity contribution in [2.75, 3.05) is 0 Å². The minimum absolute atomic E-state index is 0.814. The Morgan fingerprint density at radius 3 is 2.35 bits per heavy atom. The third kappa shape index (κ3) is 6.93. The van der Waals surface area contributed by atoms with Gasteiger partial charge in [0.25, 0.3) is 0 Å². The summed E-state index contributed by atoms with van der Waals surface area (Å²) in [5, 5.41) is 0. The van der Waals surface area contributed by atoms with Gasteiger partial charge >= 0.3 is 0 Å². The molecule has 1 unspecified atom stereocenters. The number of aromatic nitrogens is 1.